The third-order valence-corrected chi connectivity index (χ3v) is 4.05. The zero-order valence-electron chi connectivity index (χ0n) is 15.8. The summed E-state index contributed by atoms with van der Waals surface area (Å²) in [5.74, 6) is 2.66. The van der Waals surface area contributed by atoms with Crippen LogP contribution in [0.1, 0.15) is 56.9 Å². The second-order valence-electron chi connectivity index (χ2n) is 7.15. The van der Waals surface area contributed by atoms with Crippen molar-refractivity contribution < 1.29 is 0 Å². The fraction of sp³-hybridized carbons (Fsp3) is 0.500. The second kappa shape index (κ2) is 8.13. The van der Waals surface area contributed by atoms with E-state index in [1.54, 1.807) is 0 Å². The average Bonchev–Trinajstić information content (AvgIpc) is 2.48. The highest BCUT2D eigenvalue weighted by molar-refractivity contribution is 5.64. The van der Waals surface area contributed by atoms with Gasteiger partial charge in [0, 0.05) is 24.0 Å². The van der Waals surface area contributed by atoms with Crippen molar-refractivity contribution in [1.29, 1.82) is 0 Å². The van der Waals surface area contributed by atoms with Crippen LogP contribution < -0.4 is 10.6 Å². The van der Waals surface area contributed by atoms with Crippen LogP contribution in [-0.2, 0) is 0 Å². The van der Waals surface area contributed by atoms with Crippen molar-refractivity contribution >= 4 is 17.5 Å². The lowest BCUT2D eigenvalue weighted by Gasteiger charge is -2.17. The Hall–Kier alpha value is -2.10. The van der Waals surface area contributed by atoms with Gasteiger partial charge in [0.05, 0.1) is 0 Å². The van der Waals surface area contributed by atoms with E-state index in [9.17, 15) is 0 Å². The summed E-state index contributed by atoms with van der Waals surface area (Å²) in [7, 11) is 0. The summed E-state index contributed by atoms with van der Waals surface area (Å²) in [6.45, 7) is 13.9. The van der Waals surface area contributed by atoms with Gasteiger partial charge >= 0.3 is 0 Å². The highest BCUT2D eigenvalue weighted by Gasteiger charge is 2.11. The van der Waals surface area contributed by atoms with Crippen molar-refractivity contribution in [2.75, 3.05) is 17.2 Å². The summed E-state index contributed by atoms with van der Waals surface area (Å²) in [6, 6.07) is 8.38. The van der Waals surface area contributed by atoms with E-state index in [1.807, 2.05) is 13.0 Å². The van der Waals surface area contributed by atoms with Crippen molar-refractivity contribution in [2.24, 2.45) is 5.92 Å². The Balaban J connectivity index is 2.23. The van der Waals surface area contributed by atoms with Gasteiger partial charge in [0.15, 0.2) is 0 Å². The number of anilines is 3. The average molecular weight is 326 g/mol. The Bertz CT molecular complexity index is 677. The maximum atomic E-state index is 4.63. The maximum Gasteiger partial charge on any atom is 0.229 e. The van der Waals surface area contributed by atoms with Crippen molar-refractivity contribution in [3.05, 3.63) is 41.1 Å². The van der Waals surface area contributed by atoms with Crippen molar-refractivity contribution in [1.82, 2.24) is 9.97 Å². The molecule has 0 saturated carbocycles. The van der Waals surface area contributed by atoms with E-state index in [1.165, 1.54) is 11.1 Å². The zero-order valence-corrected chi connectivity index (χ0v) is 15.8. The molecule has 2 rings (SSSR count). The van der Waals surface area contributed by atoms with E-state index in [2.05, 4.69) is 73.4 Å². The Labute approximate surface area is 146 Å². The molecule has 24 heavy (non-hydrogen) atoms. The number of nitrogens with zero attached hydrogens (tertiary/aromatic N) is 2. The SMILES string of the molecule is Cc1cc(NCCC(C)C)nc(Nc2c(C)cccc2C(C)C)n1. The van der Waals surface area contributed by atoms with E-state index in [0.29, 0.717) is 17.8 Å². The normalized spacial score (nSPS) is 11.2. The minimum Gasteiger partial charge on any atom is -0.370 e. The van der Waals surface area contributed by atoms with E-state index >= 15 is 0 Å². The highest BCUT2D eigenvalue weighted by atomic mass is 15.1. The number of hydrogen-bond acceptors (Lipinski definition) is 4. The molecule has 0 spiro atoms. The molecule has 0 bridgehead atoms. The van der Waals surface area contributed by atoms with Crippen LogP contribution in [0, 0.1) is 19.8 Å². The van der Waals surface area contributed by atoms with Crippen LogP contribution >= 0.6 is 0 Å². The number of para-hydroxylation sites is 1. The van der Waals surface area contributed by atoms with Crippen molar-refractivity contribution in [3.8, 4) is 0 Å². The molecule has 0 saturated heterocycles. The first kappa shape index (κ1) is 18.2. The first-order valence-electron chi connectivity index (χ1n) is 8.83. The first-order chi connectivity index (χ1) is 11.4. The van der Waals surface area contributed by atoms with Gasteiger partial charge in [-0.15, -0.1) is 0 Å². The van der Waals surface area contributed by atoms with Crippen LogP contribution in [0.5, 0.6) is 0 Å². The molecule has 0 aliphatic carbocycles. The smallest absolute Gasteiger partial charge is 0.229 e. The molecule has 1 heterocycles. The van der Waals surface area contributed by atoms with Gasteiger partial charge in [-0.25, -0.2) is 4.98 Å². The summed E-state index contributed by atoms with van der Waals surface area (Å²) >= 11 is 0. The van der Waals surface area contributed by atoms with E-state index < -0.39 is 0 Å². The molecule has 0 fully saturated rings. The van der Waals surface area contributed by atoms with Gasteiger partial charge in [0.25, 0.3) is 0 Å². The van der Waals surface area contributed by atoms with Crippen LogP contribution in [-0.4, -0.2) is 16.5 Å². The molecule has 1 aromatic carbocycles. The fourth-order valence-electron chi connectivity index (χ4n) is 2.66. The number of aryl methyl sites for hydroxylation is 2. The molecule has 0 unspecified atom stereocenters. The number of benzene rings is 1. The Kier molecular flexibility index (Phi) is 6.18. The molecule has 0 atom stereocenters. The third-order valence-electron chi connectivity index (χ3n) is 4.05. The second-order valence-corrected chi connectivity index (χ2v) is 7.15. The predicted octanol–water partition coefficient (Wildman–Crippen LogP) is 5.42. The van der Waals surface area contributed by atoms with Gasteiger partial charge in [-0.1, -0.05) is 45.9 Å². The van der Waals surface area contributed by atoms with Crippen LogP contribution in [0.3, 0.4) is 0 Å². The Morgan fingerprint density at radius 3 is 2.46 bits per heavy atom. The lowest BCUT2D eigenvalue weighted by atomic mass is 9.98. The number of aromatic nitrogens is 2. The lowest BCUT2D eigenvalue weighted by molar-refractivity contribution is 0.606. The van der Waals surface area contributed by atoms with Crippen molar-refractivity contribution in [3.63, 3.8) is 0 Å². The van der Waals surface area contributed by atoms with Crippen LogP contribution in [0.25, 0.3) is 0 Å². The number of nitrogens with one attached hydrogen (secondary N) is 2. The molecule has 130 valence electrons. The van der Waals surface area contributed by atoms with E-state index in [4.69, 9.17) is 0 Å². The van der Waals surface area contributed by atoms with Gasteiger partial charge in [-0.2, -0.15) is 4.98 Å². The maximum absolute atomic E-state index is 4.63. The first-order valence-corrected chi connectivity index (χ1v) is 8.83. The molecule has 2 aromatic rings. The highest BCUT2D eigenvalue weighted by Crippen LogP contribution is 2.29. The molecule has 0 radical (unpaired) electrons. The quantitative estimate of drug-likeness (QED) is 0.713. The van der Waals surface area contributed by atoms with E-state index in [-0.39, 0.29) is 0 Å². The Morgan fingerprint density at radius 1 is 1.04 bits per heavy atom. The van der Waals surface area contributed by atoms with E-state index in [0.717, 1.165) is 30.2 Å². The zero-order chi connectivity index (χ0) is 17.7. The van der Waals surface area contributed by atoms with Crippen LogP contribution in [0.4, 0.5) is 17.5 Å². The lowest BCUT2D eigenvalue weighted by Crippen LogP contribution is -2.09. The van der Waals surface area contributed by atoms with Crippen LogP contribution in [0.15, 0.2) is 24.3 Å². The van der Waals surface area contributed by atoms with Crippen LogP contribution in [0.2, 0.25) is 0 Å². The standard InChI is InChI=1S/C20H30N4/c1-13(2)10-11-21-18-12-16(6)22-20(23-18)24-19-15(5)8-7-9-17(19)14(3)4/h7-9,12-14H,10-11H2,1-6H3,(H2,21,22,23,24). The molecule has 0 aliphatic heterocycles. The molecule has 0 amide bonds. The van der Waals surface area contributed by atoms with Gasteiger partial charge in [-0.05, 0) is 43.2 Å². The summed E-state index contributed by atoms with van der Waals surface area (Å²) in [5.41, 5.74) is 4.57. The monoisotopic (exact) mass is 326 g/mol. The molecule has 2 N–H and O–H groups in total. The molecular formula is C20H30N4. The Morgan fingerprint density at radius 2 is 1.79 bits per heavy atom. The topological polar surface area (TPSA) is 49.8 Å². The molecule has 4 nitrogen and oxygen atoms in total. The van der Waals surface area contributed by atoms with Gasteiger partial charge in [0.1, 0.15) is 5.82 Å². The number of hydrogen-bond donors (Lipinski definition) is 2. The predicted molar refractivity (Wildman–Crippen MR) is 103 cm³/mol. The minimum absolute atomic E-state index is 0.445. The van der Waals surface area contributed by atoms with Gasteiger partial charge < -0.3 is 10.6 Å². The summed E-state index contributed by atoms with van der Waals surface area (Å²) in [5, 5.41) is 6.84. The van der Waals surface area contributed by atoms with Crippen molar-refractivity contribution in [2.45, 2.75) is 53.9 Å². The molecule has 4 heteroatoms. The fourth-order valence-corrected chi connectivity index (χ4v) is 2.66. The number of rotatable bonds is 7. The molecular weight excluding hydrogens is 296 g/mol. The molecule has 0 aliphatic rings. The largest absolute Gasteiger partial charge is 0.370 e. The molecule has 1 aromatic heterocycles. The van der Waals surface area contributed by atoms with Gasteiger partial charge in [-0.3, -0.25) is 0 Å². The third kappa shape index (κ3) is 4.95. The van der Waals surface area contributed by atoms with Gasteiger partial charge in [0.2, 0.25) is 5.95 Å². The summed E-state index contributed by atoms with van der Waals surface area (Å²) < 4.78 is 0. The summed E-state index contributed by atoms with van der Waals surface area (Å²) in [4.78, 5) is 9.19. The minimum atomic E-state index is 0.445. The summed E-state index contributed by atoms with van der Waals surface area (Å²) in [6.07, 6.45) is 1.13.